The standard InChI is InChI=1S/C7H8N4OS/c12-6-5(10-7(13)11-6)1-4-2-8-3-9-4/h2-3,5H,1H2,(H,8,9)(H2,10,11,12,13). The van der Waals surface area contributed by atoms with E-state index in [2.05, 4.69) is 20.6 Å². The van der Waals surface area contributed by atoms with E-state index < -0.39 is 0 Å². The molecule has 0 spiro atoms. The molecular weight excluding hydrogens is 188 g/mol. The fourth-order valence-corrected chi connectivity index (χ4v) is 1.46. The number of imidazole rings is 1. The largest absolute Gasteiger partial charge is 0.350 e. The van der Waals surface area contributed by atoms with E-state index in [-0.39, 0.29) is 11.9 Å². The minimum absolute atomic E-state index is 0.0837. The predicted molar refractivity (Wildman–Crippen MR) is 50.0 cm³/mol. The molecule has 2 heterocycles. The number of hydrogen-bond acceptors (Lipinski definition) is 3. The Balaban J connectivity index is 2.03. The van der Waals surface area contributed by atoms with Crippen LogP contribution in [0.5, 0.6) is 0 Å². The molecule has 1 aliphatic heterocycles. The van der Waals surface area contributed by atoms with Crippen LogP contribution in [0.2, 0.25) is 0 Å². The monoisotopic (exact) mass is 196 g/mol. The van der Waals surface area contributed by atoms with E-state index in [1.54, 1.807) is 12.5 Å². The summed E-state index contributed by atoms with van der Waals surface area (Å²) in [6.07, 6.45) is 3.85. The number of thiocarbonyl (C=S) groups is 1. The highest BCUT2D eigenvalue weighted by Crippen LogP contribution is 2.02. The summed E-state index contributed by atoms with van der Waals surface area (Å²) in [7, 11) is 0. The van der Waals surface area contributed by atoms with E-state index in [1.165, 1.54) is 0 Å². The second-order valence-electron chi connectivity index (χ2n) is 2.80. The third-order valence-corrected chi connectivity index (χ3v) is 2.06. The van der Waals surface area contributed by atoms with Gasteiger partial charge in [-0.3, -0.25) is 4.79 Å². The molecule has 3 N–H and O–H groups in total. The van der Waals surface area contributed by atoms with Crippen molar-refractivity contribution in [3.05, 3.63) is 18.2 Å². The lowest BCUT2D eigenvalue weighted by molar-refractivity contribution is -0.120. The molecule has 1 fully saturated rings. The highest BCUT2D eigenvalue weighted by atomic mass is 32.1. The Hall–Kier alpha value is -1.43. The van der Waals surface area contributed by atoms with Gasteiger partial charge in [0.05, 0.1) is 6.33 Å². The summed E-state index contributed by atoms with van der Waals surface area (Å²) in [6, 6.07) is -0.270. The van der Waals surface area contributed by atoms with Crippen molar-refractivity contribution in [2.75, 3.05) is 0 Å². The smallest absolute Gasteiger partial charge is 0.249 e. The molecule has 5 nitrogen and oxygen atoms in total. The van der Waals surface area contributed by atoms with E-state index >= 15 is 0 Å². The molecule has 0 aliphatic carbocycles. The Morgan fingerprint density at radius 2 is 2.46 bits per heavy atom. The van der Waals surface area contributed by atoms with Crippen molar-refractivity contribution < 1.29 is 4.79 Å². The average molecular weight is 196 g/mol. The van der Waals surface area contributed by atoms with Gasteiger partial charge in [0.1, 0.15) is 6.04 Å². The molecule has 1 unspecified atom stereocenters. The van der Waals surface area contributed by atoms with Crippen LogP contribution in [-0.2, 0) is 11.2 Å². The molecule has 13 heavy (non-hydrogen) atoms. The van der Waals surface area contributed by atoms with Gasteiger partial charge in [0.25, 0.3) is 0 Å². The summed E-state index contributed by atoms with van der Waals surface area (Å²) in [6.45, 7) is 0. The van der Waals surface area contributed by atoms with Crippen molar-refractivity contribution >= 4 is 23.2 Å². The molecule has 1 atom stereocenters. The second kappa shape index (κ2) is 3.14. The summed E-state index contributed by atoms with van der Waals surface area (Å²) in [5.41, 5.74) is 0.914. The lowest BCUT2D eigenvalue weighted by atomic mass is 10.2. The Bertz CT molecular complexity index is 334. The van der Waals surface area contributed by atoms with E-state index in [4.69, 9.17) is 12.2 Å². The molecule has 0 saturated carbocycles. The number of carbonyl (C=O) groups excluding carboxylic acids is 1. The molecule has 68 valence electrons. The van der Waals surface area contributed by atoms with Crippen molar-refractivity contribution in [3.8, 4) is 0 Å². The van der Waals surface area contributed by atoms with Gasteiger partial charge in [-0.25, -0.2) is 4.98 Å². The summed E-state index contributed by atoms with van der Waals surface area (Å²) < 4.78 is 0. The normalized spacial score (nSPS) is 21.4. The Morgan fingerprint density at radius 1 is 1.62 bits per heavy atom. The van der Waals surface area contributed by atoms with Gasteiger partial charge < -0.3 is 15.6 Å². The molecule has 0 bridgehead atoms. The number of aromatic amines is 1. The topological polar surface area (TPSA) is 69.8 Å². The third-order valence-electron chi connectivity index (χ3n) is 1.84. The third kappa shape index (κ3) is 1.67. The van der Waals surface area contributed by atoms with Crippen LogP contribution in [0.25, 0.3) is 0 Å². The van der Waals surface area contributed by atoms with Crippen molar-refractivity contribution in [2.45, 2.75) is 12.5 Å². The zero-order chi connectivity index (χ0) is 9.26. The average Bonchev–Trinajstić information content (AvgIpc) is 2.63. The summed E-state index contributed by atoms with van der Waals surface area (Å²) >= 11 is 4.80. The first kappa shape index (κ1) is 8.18. The van der Waals surface area contributed by atoms with Crippen molar-refractivity contribution in [2.24, 2.45) is 0 Å². The fraction of sp³-hybridized carbons (Fsp3) is 0.286. The van der Waals surface area contributed by atoms with Gasteiger partial charge in [-0.15, -0.1) is 0 Å². The first-order valence-corrected chi connectivity index (χ1v) is 4.25. The number of aromatic nitrogens is 2. The minimum atomic E-state index is -0.270. The molecule has 1 aromatic heterocycles. The lowest BCUT2D eigenvalue weighted by Gasteiger charge is -2.04. The van der Waals surface area contributed by atoms with Crippen LogP contribution in [0.3, 0.4) is 0 Å². The van der Waals surface area contributed by atoms with Crippen LogP contribution in [0.4, 0.5) is 0 Å². The first-order chi connectivity index (χ1) is 6.25. The molecule has 1 saturated heterocycles. The van der Waals surface area contributed by atoms with Gasteiger partial charge in [-0.2, -0.15) is 0 Å². The van der Waals surface area contributed by atoms with Crippen LogP contribution in [0, 0.1) is 0 Å². The van der Waals surface area contributed by atoms with Gasteiger partial charge in [-0.05, 0) is 12.2 Å². The zero-order valence-electron chi connectivity index (χ0n) is 6.70. The number of nitrogens with zero attached hydrogens (tertiary/aromatic N) is 1. The van der Waals surface area contributed by atoms with E-state index in [0.29, 0.717) is 11.5 Å². The molecule has 2 rings (SSSR count). The molecule has 0 radical (unpaired) electrons. The number of nitrogens with one attached hydrogen (secondary N) is 3. The van der Waals surface area contributed by atoms with E-state index in [0.717, 1.165) is 5.69 Å². The van der Waals surface area contributed by atoms with E-state index in [1.807, 2.05) is 0 Å². The van der Waals surface area contributed by atoms with Gasteiger partial charge >= 0.3 is 0 Å². The van der Waals surface area contributed by atoms with Gasteiger partial charge in [-0.1, -0.05) is 0 Å². The van der Waals surface area contributed by atoms with Crippen LogP contribution >= 0.6 is 12.2 Å². The Labute approximate surface area is 79.9 Å². The van der Waals surface area contributed by atoms with Crippen LogP contribution in [0.15, 0.2) is 12.5 Å². The van der Waals surface area contributed by atoms with Gasteiger partial charge in [0.15, 0.2) is 5.11 Å². The minimum Gasteiger partial charge on any atom is -0.350 e. The highest BCUT2D eigenvalue weighted by molar-refractivity contribution is 7.80. The molecule has 1 aliphatic rings. The maximum atomic E-state index is 11.2. The summed E-state index contributed by atoms with van der Waals surface area (Å²) in [4.78, 5) is 18.0. The quantitative estimate of drug-likeness (QED) is 0.548. The highest BCUT2D eigenvalue weighted by Gasteiger charge is 2.27. The zero-order valence-corrected chi connectivity index (χ0v) is 7.52. The van der Waals surface area contributed by atoms with Crippen LogP contribution in [-0.4, -0.2) is 27.0 Å². The maximum Gasteiger partial charge on any atom is 0.249 e. The van der Waals surface area contributed by atoms with Crippen molar-refractivity contribution in [1.29, 1.82) is 0 Å². The molecular formula is C7H8N4OS. The number of carbonyl (C=O) groups is 1. The molecule has 0 aromatic carbocycles. The second-order valence-corrected chi connectivity index (χ2v) is 3.20. The van der Waals surface area contributed by atoms with E-state index in [9.17, 15) is 4.79 Å². The van der Waals surface area contributed by atoms with Crippen LogP contribution < -0.4 is 10.6 Å². The molecule has 1 amide bonds. The van der Waals surface area contributed by atoms with Crippen molar-refractivity contribution in [3.63, 3.8) is 0 Å². The Morgan fingerprint density at radius 3 is 3.00 bits per heavy atom. The number of amides is 1. The van der Waals surface area contributed by atoms with Gasteiger partial charge in [0, 0.05) is 18.3 Å². The predicted octanol–water partition coefficient (Wildman–Crippen LogP) is -0.675. The fourth-order valence-electron chi connectivity index (χ4n) is 1.22. The number of rotatable bonds is 2. The SMILES string of the molecule is O=C1NC(=S)NC1Cc1cnc[nH]1. The summed E-state index contributed by atoms with van der Waals surface area (Å²) in [5, 5.41) is 5.79. The molecule has 6 heteroatoms. The van der Waals surface area contributed by atoms with Crippen molar-refractivity contribution in [1.82, 2.24) is 20.6 Å². The van der Waals surface area contributed by atoms with Crippen LogP contribution in [0.1, 0.15) is 5.69 Å². The lowest BCUT2D eigenvalue weighted by Crippen LogP contribution is -2.31. The first-order valence-electron chi connectivity index (χ1n) is 3.84. The summed E-state index contributed by atoms with van der Waals surface area (Å²) in [5.74, 6) is -0.0837. The number of H-pyrrole nitrogens is 1. The molecule has 1 aromatic rings. The Kier molecular flexibility index (Phi) is 1.97. The van der Waals surface area contributed by atoms with Gasteiger partial charge in [0.2, 0.25) is 5.91 Å². The number of hydrogen-bond donors (Lipinski definition) is 3. The maximum absolute atomic E-state index is 11.2.